The summed E-state index contributed by atoms with van der Waals surface area (Å²) in [6, 6.07) is 9.67. The van der Waals surface area contributed by atoms with E-state index >= 15 is 0 Å². The SMILES string of the molecule is Cc1cccc(OCCc2nc3nc(Cl)c(Cl)cc3[nH]2)c1. The van der Waals surface area contributed by atoms with Crippen LogP contribution >= 0.6 is 23.2 Å². The Balaban J connectivity index is 1.68. The molecule has 0 radical (unpaired) electrons. The standard InChI is InChI=1S/C15H13Cl2N3O/c1-9-3-2-4-10(7-9)21-6-5-13-18-12-8-11(16)14(17)20-15(12)19-13/h2-4,7-8H,5-6H2,1H3,(H,18,19,20). The number of benzene rings is 1. The number of halogens is 2. The fraction of sp³-hybridized carbons (Fsp3) is 0.200. The first-order valence-corrected chi connectivity index (χ1v) is 7.27. The van der Waals surface area contributed by atoms with E-state index in [-0.39, 0.29) is 5.15 Å². The first-order chi connectivity index (χ1) is 10.1. The first kappa shape index (κ1) is 14.2. The smallest absolute Gasteiger partial charge is 0.179 e. The Morgan fingerprint density at radius 1 is 1.19 bits per heavy atom. The molecule has 2 aromatic heterocycles. The van der Waals surface area contributed by atoms with E-state index in [1.54, 1.807) is 6.07 Å². The van der Waals surface area contributed by atoms with E-state index in [1.165, 1.54) is 5.56 Å². The van der Waals surface area contributed by atoms with E-state index in [0.29, 0.717) is 23.7 Å². The molecule has 108 valence electrons. The average molecular weight is 322 g/mol. The number of hydrogen-bond donors (Lipinski definition) is 1. The number of rotatable bonds is 4. The number of hydrogen-bond acceptors (Lipinski definition) is 3. The van der Waals surface area contributed by atoms with Gasteiger partial charge in [-0.05, 0) is 30.7 Å². The van der Waals surface area contributed by atoms with Crippen LogP contribution < -0.4 is 4.74 Å². The van der Waals surface area contributed by atoms with Crippen molar-refractivity contribution in [3.05, 3.63) is 51.9 Å². The minimum absolute atomic E-state index is 0.262. The maximum atomic E-state index is 5.93. The fourth-order valence-electron chi connectivity index (χ4n) is 2.03. The van der Waals surface area contributed by atoms with Crippen LogP contribution in [0.2, 0.25) is 10.2 Å². The third-order valence-electron chi connectivity index (χ3n) is 3.03. The molecule has 0 aliphatic heterocycles. The summed E-state index contributed by atoms with van der Waals surface area (Å²) in [7, 11) is 0. The summed E-state index contributed by atoms with van der Waals surface area (Å²) in [6.07, 6.45) is 0.652. The van der Waals surface area contributed by atoms with Gasteiger partial charge in [-0.15, -0.1) is 0 Å². The van der Waals surface area contributed by atoms with E-state index in [1.807, 2.05) is 31.2 Å². The minimum Gasteiger partial charge on any atom is -0.493 e. The fourth-order valence-corrected chi connectivity index (χ4v) is 2.32. The maximum absolute atomic E-state index is 5.93. The van der Waals surface area contributed by atoms with Gasteiger partial charge in [-0.1, -0.05) is 35.3 Å². The Hall–Kier alpha value is -1.78. The second kappa shape index (κ2) is 5.92. The van der Waals surface area contributed by atoms with Crippen LogP contribution in [0.1, 0.15) is 11.4 Å². The molecule has 0 saturated carbocycles. The van der Waals surface area contributed by atoms with E-state index in [2.05, 4.69) is 15.0 Å². The molecular formula is C15H13Cl2N3O. The number of fused-ring (bicyclic) bond motifs is 1. The summed E-state index contributed by atoms with van der Waals surface area (Å²) in [6.45, 7) is 2.57. The van der Waals surface area contributed by atoms with Crippen molar-refractivity contribution in [2.45, 2.75) is 13.3 Å². The third-order valence-corrected chi connectivity index (χ3v) is 3.70. The number of aromatic nitrogens is 3. The highest BCUT2D eigenvalue weighted by Crippen LogP contribution is 2.23. The molecule has 0 aliphatic rings. The number of nitrogens with one attached hydrogen (secondary N) is 1. The zero-order valence-electron chi connectivity index (χ0n) is 11.4. The van der Waals surface area contributed by atoms with Crippen LogP contribution in [0, 0.1) is 6.92 Å². The number of pyridine rings is 1. The molecule has 0 atom stereocenters. The van der Waals surface area contributed by atoms with Gasteiger partial charge in [0.25, 0.3) is 0 Å². The van der Waals surface area contributed by atoms with Crippen molar-refractivity contribution in [2.24, 2.45) is 0 Å². The van der Waals surface area contributed by atoms with Crippen LogP contribution in [0.15, 0.2) is 30.3 Å². The van der Waals surface area contributed by atoms with Gasteiger partial charge in [0.1, 0.15) is 16.7 Å². The molecule has 0 fully saturated rings. The Kier molecular flexibility index (Phi) is 3.99. The van der Waals surface area contributed by atoms with E-state index < -0.39 is 0 Å². The van der Waals surface area contributed by atoms with Gasteiger partial charge >= 0.3 is 0 Å². The molecular weight excluding hydrogens is 309 g/mol. The lowest BCUT2D eigenvalue weighted by Crippen LogP contribution is -2.02. The summed E-state index contributed by atoms with van der Waals surface area (Å²) in [5, 5.41) is 0.675. The molecule has 4 nitrogen and oxygen atoms in total. The van der Waals surface area contributed by atoms with Gasteiger partial charge < -0.3 is 9.72 Å². The Labute approximate surface area is 132 Å². The number of imidazole rings is 1. The summed E-state index contributed by atoms with van der Waals surface area (Å²) < 4.78 is 5.70. The number of aryl methyl sites for hydroxylation is 1. The molecule has 0 aliphatic carbocycles. The highest BCUT2D eigenvalue weighted by molar-refractivity contribution is 6.41. The van der Waals surface area contributed by atoms with Gasteiger partial charge in [0.15, 0.2) is 5.65 Å². The topological polar surface area (TPSA) is 50.8 Å². The minimum atomic E-state index is 0.262. The van der Waals surface area contributed by atoms with Crippen LogP contribution in [0.3, 0.4) is 0 Å². The number of ether oxygens (including phenoxy) is 1. The van der Waals surface area contributed by atoms with Crippen molar-refractivity contribution in [3.8, 4) is 5.75 Å². The van der Waals surface area contributed by atoms with Crippen LogP contribution in [-0.4, -0.2) is 21.6 Å². The lowest BCUT2D eigenvalue weighted by Gasteiger charge is -2.05. The van der Waals surface area contributed by atoms with Gasteiger partial charge in [0, 0.05) is 6.42 Å². The molecule has 1 aromatic carbocycles. The highest BCUT2D eigenvalue weighted by atomic mass is 35.5. The van der Waals surface area contributed by atoms with Crippen molar-refractivity contribution in [1.29, 1.82) is 0 Å². The van der Waals surface area contributed by atoms with Gasteiger partial charge in [-0.25, -0.2) is 9.97 Å². The van der Waals surface area contributed by atoms with Gasteiger partial charge in [-0.3, -0.25) is 0 Å². The molecule has 2 heterocycles. The molecule has 21 heavy (non-hydrogen) atoms. The Morgan fingerprint density at radius 2 is 2.05 bits per heavy atom. The van der Waals surface area contributed by atoms with Crippen molar-refractivity contribution < 1.29 is 4.74 Å². The summed E-state index contributed by atoms with van der Waals surface area (Å²) >= 11 is 11.8. The second-order valence-corrected chi connectivity index (χ2v) is 5.50. The monoisotopic (exact) mass is 321 g/mol. The third kappa shape index (κ3) is 3.28. The molecule has 0 spiro atoms. The molecule has 0 saturated heterocycles. The van der Waals surface area contributed by atoms with E-state index in [0.717, 1.165) is 17.1 Å². The largest absolute Gasteiger partial charge is 0.493 e. The van der Waals surface area contributed by atoms with Crippen LogP contribution in [-0.2, 0) is 6.42 Å². The van der Waals surface area contributed by atoms with E-state index in [4.69, 9.17) is 27.9 Å². The van der Waals surface area contributed by atoms with Gasteiger partial charge in [-0.2, -0.15) is 0 Å². The zero-order valence-corrected chi connectivity index (χ0v) is 12.9. The summed E-state index contributed by atoms with van der Waals surface area (Å²) in [5.74, 6) is 1.65. The van der Waals surface area contributed by atoms with Crippen molar-refractivity contribution in [1.82, 2.24) is 15.0 Å². The lowest BCUT2D eigenvalue weighted by molar-refractivity contribution is 0.319. The molecule has 0 bridgehead atoms. The average Bonchev–Trinajstić information content (AvgIpc) is 2.81. The Morgan fingerprint density at radius 3 is 2.86 bits per heavy atom. The zero-order chi connectivity index (χ0) is 14.8. The second-order valence-electron chi connectivity index (χ2n) is 4.73. The Bertz CT molecular complexity index is 747. The van der Waals surface area contributed by atoms with Crippen molar-refractivity contribution in [2.75, 3.05) is 6.61 Å². The highest BCUT2D eigenvalue weighted by Gasteiger charge is 2.08. The number of aromatic amines is 1. The summed E-state index contributed by atoms with van der Waals surface area (Å²) in [4.78, 5) is 11.7. The van der Waals surface area contributed by atoms with Crippen LogP contribution in [0.25, 0.3) is 11.2 Å². The van der Waals surface area contributed by atoms with E-state index in [9.17, 15) is 0 Å². The molecule has 3 rings (SSSR count). The summed E-state index contributed by atoms with van der Waals surface area (Å²) in [5.41, 5.74) is 2.51. The van der Waals surface area contributed by atoms with Crippen molar-refractivity contribution >= 4 is 34.4 Å². The number of H-pyrrole nitrogens is 1. The molecule has 3 aromatic rings. The van der Waals surface area contributed by atoms with Crippen LogP contribution in [0.5, 0.6) is 5.75 Å². The first-order valence-electron chi connectivity index (χ1n) is 6.52. The molecule has 0 amide bonds. The number of nitrogens with zero attached hydrogens (tertiary/aromatic N) is 2. The normalized spacial score (nSPS) is 11.0. The predicted molar refractivity (Wildman–Crippen MR) is 84.3 cm³/mol. The quantitative estimate of drug-likeness (QED) is 0.733. The van der Waals surface area contributed by atoms with Gasteiger partial charge in [0.05, 0.1) is 17.1 Å². The molecule has 0 unspecified atom stereocenters. The van der Waals surface area contributed by atoms with Gasteiger partial charge in [0.2, 0.25) is 0 Å². The maximum Gasteiger partial charge on any atom is 0.179 e. The van der Waals surface area contributed by atoms with Crippen LogP contribution in [0.4, 0.5) is 0 Å². The van der Waals surface area contributed by atoms with Crippen molar-refractivity contribution in [3.63, 3.8) is 0 Å². The molecule has 1 N–H and O–H groups in total. The lowest BCUT2D eigenvalue weighted by atomic mass is 10.2. The molecule has 6 heteroatoms. The predicted octanol–water partition coefficient (Wildman–Crippen LogP) is 4.19.